The zero-order valence-electron chi connectivity index (χ0n) is 8.43. The van der Waals surface area contributed by atoms with Gasteiger partial charge in [-0.25, -0.2) is 8.42 Å². The molecule has 0 radical (unpaired) electrons. The topological polar surface area (TPSA) is 59.3 Å². The molecule has 82 valence electrons. The van der Waals surface area contributed by atoms with Crippen LogP contribution >= 0.6 is 0 Å². The van der Waals surface area contributed by atoms with Crippen LogP contribution in [0.2, 0.25) is 0 Å². The molecular formula is C10H13NO3S. The van der Waals surface area contributed by atoms with Gasteiger partial charge in [-0.15, -0.1) is 0 Å². The number of rotatable bonds is 3. The monoisotopic (exact) mass is 227 g/mol. The summed E-state index contributed by atoms with van der Waals surface area (Å²) in [6.07, 6.45) is 3.31. The highest BCUT2D eigenvalue weighted by atomic mass is 32.2. The van der Waals surface area contributed by atoms with Crippen molar-refractivity contribution < 1.29 is 12.8 Å². The SMILES string of the molecule is Cc1ccoc1CNC1C=CS(=O)(=O)C1. The molecule has 1 aromatic heterocycles. The molecule has 0 amide bonds. The fourth-order valence-corrected chi connectivity index (χ4v) is 2.78. The first-order valence-electron chi connectivity index (χ1n) is 4.74. The molecule has 1 aromatic rings. The summed E-state index contributed by atoms with van der Waals surface area (Å²) in [7, 11) is -2.97. The zero-order valence-corrected chi connectivity index (χ0v) is 9.25. The van der Waals surface area contributed by atoms with Crippen LogP contribution in [-0.2, 0) is 16.4 Å². The molecule has 0 fully saturated rings. The lowest BCUT2D eigenvalue weighted by atomic mass is 10.2. The van der Waals surface area contributed by atoms with E-state index in [0.717, 1.165) is 11.3 Å². The van der Waals surface area contributed by atoms with Gasteiger partial charge in [-0.1, -0.05) is 6.08 Å². The lowest BCUT2D eigenvalue weighted by Gasteiger charge is -2.08. The maximum absolute atomic E-state index is 11.1. The second kappa shape index (κ2) is 3.83. The van der Waals surface area contributed by atoms with Gasteiger partial charge in [-0.05, 0) is 18.6 Å². The molecule has 1 N–H and O–H groups in total. The summed E-state index contributed by atoms with van der Waals surface area (Å²) in [6, 6.07) is 1.79. The predicted molar refractivity (Wildman–Crippen MR) is 57.0 cm³/mol. The van der Waals surface area contributed by atoms with Crippen LogP contribution in [0.25, 0.3) is 0 Å². The Labute approximate surface area is 88.9 Å². The van der Waals surface area contributed by atoms with E-state index in [4.69, 9.17) is 4.42 Å². The van der Waals surface area contributed by atoms with Crippen LogP contribution in [0.4, 0.5) is 0 Å². The van der Waals surface area contributed by atoms with Crippen molar-refractivity contribution in [3.63, 3.8) is 0 Å². The molecule has 0 aromatic carbocycles. The van der Waals surface area contributed by atoms with E-state index in [0.29, 0.717) is 6.54 Å². The van der Waals surface area contributed by atoms with Gasteiger partial charge in [0.05, 0.1) is 18.6 Å². The van der Waals surface area contributed by atoms with Gasteiger partial charge in [0, 0.05) is 11.4 Å². The number of aryl methyl sites for hydroxylation is 1. The van der Waals surface area contributed by atoms with Crippen LogP contribution in [0.1, 0.15) is 11.3 Å². The Bertz CT molecular complexity index is 473. The van der Waals surface area contributed by atoms with Crippen molar-refractivity contribution in [3.05, 3.63) is 35.1 Å². The number of hydrogen-bond donors (Lipinski definition) is 1. The van der Waals surface area contributed by atoms with E-state index in [1.807, 2.05) is 13.0 Å². The lowest BCUT2D eigenvalue weighted by Crippen LogP contribution is -2.29. The minimum atomic E-state index is -2.97. The van der Waals surface area contributed by atoms with Gasteiger partial charge < -0.3 is 9.73 Å². The Morgan fingerprint density at radius 1 is 1.60 bits per heavy atom. The van der Waals surface area contributed by atoms with Crippen LogP contribution in [-0.4, -0.2) is 20.2 Å². The summed E-state index contributed by atoms with van der Waals surface area (Å²) in [5, 5.41) is 4.38. The summed E-state index contributed by atoms with van der Waals surface area (Å²) in [4.78, 5) is 0. The second-order valence-corrected chi connectivity index (χ2v) is 5.60. The van der Waals surface area contributed by atoms with Gasteiger partial charge in [-0.3, -0.25) is 0 Å². The average molecular weight is 227 g/mol. The normalized spacial score (nSPS) is 23.4. The molecule has 0 saturated heterocycles. The van der Waals surface area contributed by atoms with E-state index in [1.165, 1.54) is 5.41 Å². The van der Waals surface area contributed by atoms with Gasteiger partial charge in [0.15, 0.2) is 9.84 Å². The van der Waals surface area contributed by atoms with Crippen LogP contribution in [0.3, 0.4) is 0 Å². The molecule has 4 nitrogen and oxygen atoms in total. The molecule has 1 unspecified atom stereocenters. The first-order valence-corrected chi connectivity index (χ1v) is 6.46. The number of sulfone groups is 1. The van der Waals surface area contributed by atoms with E-state index in [1.54, 1.807) is 12.3 Å². The molecule has 0 saturated carbocycles. The van der Waals surface area contributed by atoms with Crippen LogP contribution in [0.15, 0.2) is 28.2 Å². The summed E-state index contributed by atoms with van der Waals surface area (Å²) in [5.41, 5.74) is 1.08. The van der Waals surface area contributed by atoms with E-state index >= 15 is 0 Å². The smallest absolute Gasteiger partial charge is 0.173 e. The maximum Gasteiger partial charge on any atom is 0.173 e. The predicted octanol–water partition coefficient (Wildman–Crippen LogP) is 0.988. The maximum atomic E-state index is 11.1. The third-order valence-corrected chi connectivity index (χ3v) is 3.82. The van der Waals surface area contributed by atoms with E-state index < -0.39 is 9.84 Å². The van der Waals surface area contributed by atoms with Gasteiger partial charge in [0.1, 0.15) is 5.76 Å². The van der Waals surface area contributed by atoms with E-state index in [2.05, 4.69) is 5.32 Å². The lowest BCUT2D eigenvalue weighted by molar-refractivity contribution is 0.472. The standard InChI is InChI=1S/C10H13NO3S/c1-8-2-4-14-10(8)6-11-9-3-5-15(12,13)7-9/h2-5,9,11H,6-7H2,1H3. The summed E-state index contributed by atoms with van der Waals surface area (Å²) < 4.78 is 27.5. The molecule has 2 heterocycles. The van der Waals surface area contributed by atoms with Crippen molar-refractivity contribution in [2.75, 3.05) is 5.75 Å². The summed E-state index contributed by atoms with van der Waals surface area (Å²) >= 11 is 0. The molecule has 5 heteroatoms. The second-order valence-electron chi connectivity index (χ2n) is 3.67. The molecule has 2 rings (SSSR count). The molecule has 0 bridgehead atoms. The van der Waals surface area contributed by atoms with E-state index in [9.17, 15) is 8.42 Å². The zero-order chi connectivity index (χ0) is 10.9. The van der Waals surface area contributed by atoms with Crippen molar-refractivity contribution in [1.82, 2.24) is 5.32 Å². The van der Waals surface area contributed by atoms with Gasteiger partial charge >= 0.3 is 0 Å². The molecule has 0 aliphatic carbocycles. The van der Waals surface area contributed by atoms with Crippen LogP contribution < -0.4 is 5.32 Å². The highest BCUT2D eigenvalue weighted by Gasteiger charge is 2.21. The van der Waals surface area contributed by atoms with E-state index in [-0.39, 0.29) is 11.8 Å². The van der Waals surface area contributed by atoms with Crippen molar-refractivity contribution in [3.8, 4) is 0 Å². The van der Waals surface area contributed by atoms with Gasteiger partial charge in [-0.2, -0.15) is 0 Å². The molecule has 1 atom stereocenters. The number of furan rings is 1. The van der Waals surface area contributed by atoms with Crippen LogP contribution in [0.5, 0.6) is 0 Å². The highest BCUT2D eigenvalue weighted by Crippen LogP contribution is 2.11. The Hall–Kier alpha value is -1.07. The number of nitrogens with one attached hydrogen (secondary N) is 1. The minimum Gasteiger partial charge on any atom is -0.468 e. The molecule has 15 heavy (non-hydrogen) atoms. The highest BCUT2D eigenvalue weighted by molar-refractivity contribution is 7.94. The third kappa shape index (κ3) is 2.49. The van der Waals surface area contributed by atoms with Crippen LogP contribution in [0, 0.1) is 6.92 Å². The third-order valence-electron chi connectivity index (χ3n) is 2.42. The fourth-order valence-electron chi connectivity index (χ4n) is 1.51. The molecule has 0 spiro atoms. The van der Waals surface area contributed by atoms with Crippen molar-refractivity contribution >= 4 is 9.84 Å². The fraction of sp³-hybridized carbons (Fsp3) is 0.400. The largest absolute Gasteiger partial charge is 0.468 e. The molecular weight excluding hydrogens is 214 g/mol. The summed E-state index contributed by atoms with van der Waals surface area (Å²) in [6.45, 7) is 2.52. The first-order chi connectivity index (χ1) is 7.07. The Morgan fingerprint density at radius 2 is 2.40 bits per heavy atom. The van der Waals surface area contributed by atoms with Crippen molar-refractivity contribution in [2.45, 2.75) is 19.5 Å². The first kappa shape index (κ1) is 10.4. The minimum absolute atomic E-state index is 0.0977. The van der Waals surface area contributed by atoms with Gasteiger partial charge in [0.25, 0.3) is 0 Å². The Balaban J connectivity index is 1.91. The summed E-state index contributed by atoms with van der Waals surface area (Å²) in [5.74, 6) is 1.000. The quantitative estimate of drug-likeness (QED) is 0.836. The Morgan fingerprint density at radius 3 is 2.93 bits per heavy atom. The van der Waals surface area contributed by atoms with Crippen molar-refractivity contribution in [2.24, 2.45) is 0 Å². The van der Waals surface area contributed by atoms with Gasteiger partial charge in [0.2, 0.25) is 0 Å². The average Bonchev–Trinajstić information content (AvgIpc) is 2.69. The molecule has 1 aliphatic heterocycles. The van der Waals surface area contributed by atoms with Crippen molar-refractivity contribution in [1.29, 1.82) is 0 Å². The number of hydrogen-bond acceptors (Lipinski definition) is 4. The Kier molecular flexibility index (Phi) is 2.67. The molecule has 1 aliphatic rings.